The summed E-state index contributed by atoms with van der Waals surface area (Å²) in [6, 6.07) is 8.25. The topological polar surface area (TPSA) is 53.1 Å². The van der Waals surface area contributed by atoms with Crippen LogP contribution in [0.3, 0.4) is 0 Å². The van der Waals surface area contributed by atoms with Crippen molar-refractivity contribution in [3.05, 3.63) is 41.1 Å². The molecule has 2 heterocycles. The van der Waals surface area contributed by atoms with Gasteiger partial charge in [0.05, 0.1) is 24.6 Å². The number of anilines is 1. The van der Waals surface area contributed by atoms with Gasteiger partial charge < -0.3 is 10.5 Å². The Labute approximate surface area is 100 Å². The molecule has 0 atom stereocenters. The quantitative estimate of drug-likeness (QED) is 0.811. The van der Waals surface area contributed by atoms with Gasteiger partial charge in [-0.3, -0.25) is 0 Å². The molecule has 1 aliphatic heterocycles. The predicted molar refractivity (Wildman–Crippen MR) is 66.1 cm³/mol. The normalized spacial score (nSPS) is 14.6. The first-order chi connectivity index (χ1) is 8.25. The molecule has 4 nitrogen and oxygen atoms in total. The third-order valence-corrected chi connectivity index (χ3v) is 3.13. The zero-order chi connectivity index (χ0) is 11.8. The third-order valence-electron chi connectivity index (χ3n) is 3.13. The highest BCUT2D eigenvalue weighted by Gasteiger charge is 2.20. The van der Waals surface area contributed by atoms with Crippen LogP contribution < -0.4 is 5.73 Å². The molecule has 0 aliphatic carbocycles. The van der Waals surface area contributed by atoms with E-state index in [1.54, 1.807) is 0 Å². The first-order valence-electron chi connectivity index (χ1n) is 5.77. The van der Waals surface area contributed by atoms with Crippen molar-refractivity contribution >= 4 is 5.82 Å². The number of nitrogen functional groups attached to an aromatic ring is 1. The van der Waals surface area contributed by atoms with Crippen molar-refractivity contribution < 1.29 is 4.74 Å². The Morgan fingerprint density at radius 1 is 1.29 bits per heavy atom. The number of hydrogen-bond donors (Lipinski definition) is 1. The molecule has 0 fully saturated rings. The number of aryl methyl sites for hydroxylation is 1. The zero-order valence-corrected chi connectivity index (χ0v) is 9.81. The fourth-order valence-electron chi connectivity index (χ4n) is 2.17. The zero-order valence-electron chi connectivity index (χ0n) is 9.81. The van der Waals surface area contributed by atoms with Gasteiger partial charge in [0.1, 0.15) is 5.82 Å². The number of hydrogen-bond acceptors (Lipinski definition) is 3. The molecule has 0 spiro atoms. The van der Waals surface area contributed by atoms with Gasteiger partial charge in [-0.25, -0.2) is 4.68 Å². The van der Waals surface area contributed by atoms with Crippen molar-refractivity contribution in [1.29, 1.82) is 0 Å². The van der Waals surface area contributed by atoms with Gasteiger partial charge in [-0.05, 0) is 19.1 Å². The van der Waals surface area contributed by atoms with Gasteiger partial charge >= 0.3 is 0 Å². The minimum absolute atomic E-state index is 0.591. The summed E-state index contributed by atoms with van der Waals surface area (Å²) in [7, 11) is 0. The smallest absolute Gasteiger partial charge is 0.149 e. The molecule has 4 heteroatoms. The number of fused-ring (bicyclic) bond motifs is 1. The molecule has 1 aromatic carbocycles. The number of nitrogens with two attached hydrogens (primary N) is 1. The maximum Gasteiger partial charge on any atom is 0.149 e. The van der Waals surface area contributed by atoms with Gasteiger partial charge in [0, 0.05) is 12.0 Å². The molecule has 0 bridgehead atoms. The van der Waals surface area contributed by atoms with E-state index in [2.05, 4.69) is 36.3 Å². The van der Waals surface area contributed by atoms with Crippen LogP contribution in [-0.4, -0.2) is 16.4 Å². The van der Waals surface area contributed by atoms with Crippen LogP contribution in [0.1, 0.15) is 16.8 Å². The van der Waals surface area contributed by atoms with Crippen LogP contribution >= 0.6 is 0 Å². The summed E-state index contributed by atoms with van der Waals surface area (Å²) in [6.45, 7) is 3.39. The van der Waals surface area contributed by atoms with Crippen LogP contribution in [0.15, 0.2) is 24.3 Å². The fraction of sp³-hybridized carbons (Fsp3) is 0.308. The van der Waals surface area contributed by atoms with Gasteiger partial charge in [-0.15, -0.1) is 0 Å². The van der Waals surface area contributed by atoms with Crippen molar-refractivity contribution in [2.75, 3.05) is 12.3 Å². The van der Waals surface area contributed by atoms with E-state index in [1.165, 1.54) is 5.56 Å². The van der Waals surface area contributed by atoms with Gasteiger partial charge in [0.15, 0.2) is 0 Å². The van der Waals surface area contributed by atoms with Crippen molar-refractivity contribution in [3.63, 3.8) is 0 Å². The molecule has 0 radical (unpaired) electrons. The second-order valence-electron chi connectivity index (χ2n) is 4.36. The Balaban J connectivity index is 2.11. The molecule has 2 N–H and O–H groups in total. The molecular weight excluding hydrogens is 214 g/mol. The Kier molecular flexibility index (Phi) is 2.37. The summed E-state index contributed by atoms with van der Waals surface area (Å²) >= 11 is 0. The second kappa shape index (κ2) is 3.89. The molecule has 2 aromatic rings. The van der Waals surface area contributed by atoms with Crippen LogP contribution in [0.4, 0.5) is 5.82 Å². The van der Waals surface area contributed by atoms with Gasteiger partial charge in [0.25, 0.3) is 0 Å². The van der Waals surface area contributed by atoms with Crippen molar-refractivity contribution in [2.45, 2.75) is 20.0 Å². The maximum atomic E-state index is 5.94. The first-order valence-corrected chi connectivity index (χ1v) is 5.77. The molecule has 0 saturated heterocycles. The summed E-state index contributed by atoms with van der Waals surface area (Å²) in [5.74, 6) is 0.629. The largest absolute Gasteiger partial charge is 0.382 e. The Morgan fingerprint density at radius 3 is 2.82 bits per heavy atom. The minimum atomic E-state index is 0.591. The van der Waals surface area contributed by atoms with Gasteiger partial charge in [0.2, 0.25) is 0 Å². The summed E-state index contributed by atoms with van der Waals surface area (Å²) in [5.41, 5.74) is 10.4. The SMILES string of the molecule is Cc1ccc(-n2nc(N)c3c2COCC3)cc1. The highest BCUT2D eigenvalue weighted by atomic mass is 16.5. The molecule has 1 aromatic heterocycles. The number of rotatable bonds is 1. The molecule has 88 valence electrons. The van der Waals surface area contributed by atoms with E-state index in [-0.39, 0.29) is 0 Å². The van der Waals surface area contributed by atoms with Crippen LogP contribution in [-0.2, 0) is 17.8 Å². The average molecular weight is 229 g/mol. The number of benzene rings is 1. The Morgan fingerprint density at radius 2 is 2.06 bits per heavy atom. The summed E-state index contributed by atoms with van der Waals surface area (Å²) in [5, 5.41) is 4.41. The molecule has 0 amide bonds. The summed E-state index contributed by atoms with van der Waals surface area (Å²) in [4.78, 5) is 0. The van der Waals surface area contributed by atoms with E-state index in [0.717, 1.165) is 30.0 Å². The van der Waals surface area contributed by atoms with Crippen LogP contribution in [0.5, 0.6) is 0 Å². The van der Waals surface area contributed by atoms with E-state index in [1.807, 2.05) is 4.68 Å². The lowest BCUT2D eigenvalue weighted by molar-refractivity contribution is 0.106. The van der Waals surface area contributed by atoms with Crippen molar-refractivity contribution in [2.24, 2.45) is 0 Å². The minimum Gasteiger partial charge on any atom is -0.382 e. The lowest BCUT2D eigenvalue weighted by atomic mass is 10.1. The maximum absolute atomic E-state index is 5.94. The molecule has 17 heavy (non-hydrogen) atoms. The molecule has 0 unspecified atom stereocenters. The Bertz CT molecular complexity index is 543. The summed E-state index contributed by atoms with van der Waals surface area (Å²) in [6.07, 6.45) is 0.854. The van der Waals surface area contributed by atoms with Crippen LogP contribution in [0.25, 0.3) is 5.69 Å². The van der Waals surface area contributed by atoms with E-state index >= 15 is 0 Å². The second-order valence-corrected chi connectivity index (χ2v) is 4.36. The molecule has 1 aliphatic rings. The van der Waals surface area contributed by atoms with Crippen LogP contribution in [0.2, 0.25) is 0 Å². The van der Waals surface area contributed by atoms with Gasteiger partial charge in [-0.2, -0.15) is 5.10 Å². The third kappa shape index (κ3) is 1.70. The molecule has 0 saturated carbocycles. The lowest BCUT2D eigenvalue weighted by Crippen LogP contribution is -2.12. The van der Waals surface area contributed by atoms with Gasteiger partial charge in [-0.1, -0.05) is 17.7 Å². The van der Waals surface area contributed by atoms with E-state index in [4.69, 9.17) is 10.5 Å². The Hall–Kier alpha value is -1.81. The van der Waals surface area contributed by atoms with Crippen molar-refractivity contribution in [3.8, 4) is 5.69 Å². The highest BCUT2D eigenvalue weighted by Crippen LogP contribution is 2.25. The highest BCUT2D eigenvalue weighted by molar-refractivity contribution is 5.48. The van der Waals surface area contributed by atoms with E-state index in [0.29, 0.717) is 12.4 Å². The number of nitrogens with zero attached hydrogens (tertiary/aromatic N) is 2. The monoisotopic (exact) mass is 229 g/mol. The standard InChI is InChI=1S/C13H15N3O/c1-9-2-4-10(5-3-9)16-12-8-17-7-6-11(12)13(14)15-16/h2-5H,6-8H2,1H3,(H2,14,15). The van der Waals surface area contributed by atoms with Crippen LogP contribution in [0, 0.1) is 6.92 Å². The predicted octanol–water partition coefficient (Wildman–Crippen LogP) is 1.84. The summed E-state index contributed by atoms with van der Waals surface area (Å²) < 4.78 is 7.37. The molecular formula is C13H15N3O. The number of ether oxygens (including phenoxy) is 1. The van der Waals surface area contributed by atoms with E-state index < -0.39 is 0 Å². The van der Waals surface area contributed by atoms with Crippen molar-refractivity contribution in [1.82, 2.24) is 9.78 Å². The first kappa shape index (κ1) is 10.4. The average Bonchev–Trinajstić information content (AvgIpc) is 2.69. The fourth-order valence-corrected chi connectivity index (χ4v) is 2.17. The lowest BCUT2D eigenvalue weighted by Gasteiger charge is -2.14. The number of aromatic nitrogens is 2. The van der Waals surface area contributed by atoms with E-state index in [9.17, 15) is 0 Å². The molecule has 3 rings (SSSR count).